The predicted molar refractivity (Wildman–Crippen MR) is 58.2 cm³/mol. The second-order valence-electron chi connectivity index (χ2n) is 3.75. The topological polar surface area (TPSA) is 38.9 Å². The summed E-state index contributed by atoms with van der Waals surface area (Å²) >= 11 is 1.82. The van der Waals surface area contributed by atoms with Crippen molar-refractivity contribution in [3.05, 3.63) is 15.6 Å². The standard InChI is InChI=1S/C10H18N2S/c1-7(2)6-10-12-9(4-5-11)8(3)13-10/h7H,4-6,11H2,1-3H3. The first-order chi connectivity index (χ1) is 6.13. The van der Waals surface area contributed by atoms with Gasteiger partial charge in [0.15, 0.2) is 0 Å². The average Bonchev–Trinajstić information content (AvgIpc) is 2.31. The molecule has 0 aromatic carbocycles. The summed E-state index contributed by atoms with van der Waals surface area (Å²) in [6, 6.07) is 0. The minimum Gasteiger partial charge on any atom is -0.330 e. The third-order valence-electron chi connectivity index (χ3n) is 1.90. The fourth-order valence-corrected chi connectivity index (χ4v) is 2.48. The van der Waals surface area contributed by atoms with Crippen molar-refractivity contribution < 1.29 is 0 Å². The molecule has 13 heavy (non-hydrogen) atoms. The number of rotatable bonds is 4. The van der Waals surface area contributed by atoms with Gasteiger partial charge < -0.3 is 5.73 Å². The molecule has 0 fully saturated rings. The number of aryl methyl sites for hydroxylation is 1. The Morgan fingerprint density at radius 1 is 1.46 bits per heavy atom. The van der Waals surface area contributed by atoms with Crippen LogP contribution in [0.3, 0.4) is 0 Å². The Morgan fingerprint density at radius 2 is 2.15 bits per heavy atom. The lowest BCUT2D eigenvalue weighted by Gasteiger charge is -1.98. The van der Waals surface area contributed by atoms with Crippen LogP contribution >= 0.6 is 11.3 Å². The molecule has 0 saturated heterocycles. The first-order valence-electron chi connectivity index (χ1n) is 4.78. The molecule has 0 aliphatic heterocycles. The minimum absolute atomic E-state index is 0.691. The van der Waals surface area contributed by atoms with Gasteiger partial charge in [-0.3, -0.25) is 0 Å². The van der Waals surface area contributed by atoms with Gasteiger partial charge in [0.2, 0.25) is 0 Å². The first-order valence-corrected chi connectivity index (χ1v) is 5.60. The molecule has 1 rings (SSSR count). The molecule has 2 nitrogen and oxygen atoms in total. The SMILES string of the molecule is Cc1sc(CC(C)C)nc1CCN. The largest absolute Gasteiger partial charge is 0.330 e. The van der Waals surface area contributed by atoms with Crippen molar-refractivity contribution in [1.82, 2.24) is 4.98 Å². The van der Waals surface area contributed by atoms with Gasteiger partial charge in [0, 0.05) is 17.7 Å². The fourth-order valence-electron chi connectivity index (χ4n) is 1.29. The maximum absolute atomic E-state index is 5.50. The maximum Gasteiger partial charge on any atom is 0.0933 e. The van der Waals surface area contributed by atoms with Crippen LogP contribution in [0.25, 0.3) is 0 Å². The zero-order chi connectivity index (χ0) is 9.84. The van der Waals surface area contributed by atoms with E-state index in [1.165, 1.54) is 15.6 Å². The lowest BCUT2D eigenvalue weighted by molar-refractivity contribution is 0.642. The average molecular weight is 198 g/mol. The summed E-state index contributed by atoms with van der Waals surface area (Å²) in [4.78, 5) is 5.91. The second kappa shape index (κ2) is 4.72. The smallest absolute Gasteiger partial charge is 0.0933 e. The molecule has 0 bridgehead atoms. The Morgan fingerprint density at radius 3 is 2.69 bits per heavy atom. The van der Waals surface area contributed by atoms with Gasteiger partial charge in [-0.25, -0.2) is 4.98 Å². The fraction of sp³-hybridized carbons (Fsp3) is 0.700. The minimum atomic E-state index is 0.691. The van der Waals surface area contributed by atoms with E-state index in [1.54, 1.807) is 0 Å². The van der Waals surface area contributed by atoms with E-state index in [9.17, 15) is 0 Å². The molecule has 3 heteroatoms. The summed E-state index contributed by atoms with van der Waals surface area (Å²) in [5.41, 5.74) is 6.70. The molecule has 0 unspecified atom stereocenters. The summed E-state index contributed by atoms with van der Waals surface area (Å²) in [5, 5.41) is 1.26. The maximum atomic E-state index is 5.50. The van der Waals surface area contributed by atoms with E-state index in [2.05, 4.69) is 25.8 Å². The van der Waals surface area contributed by atoms with Crippen molar-refractivity contribution in [3.63, 3.8) is 0 Å². The first kappa shape index (κ1) is 10.7. The number of hydrogen-bond acceptors (Lipinski definition) is 3. The Hall–Kier alpha value is -0.410. The molecular formula is C10H18N2S. The second-order valence-corrected chi connectivity index (χ2v) is 5.03. The number of hydrogen-bond donors (Lipinski definition) is 1. The molecule has 1 aromatic rings. The van der Waals surface area contributed by atoms with Crippen LogP contribution in [0.4, 0.5) is 0 Å². The van der Waals surface area contributed by atoms with Gasteiger partial charge in [0.25, 0.3) is 0 Å². The van der Waals surface area contributed by atoms with Gasteiger partial charge in [-0.05, 0) is 19.4 Å². The van der Waals surface area contributed by atoms with Gasteiger partial charge in [-0.1, -0.05) is 13.8 Å². The highest BCUT2D eigenvalue weighted by Gasteiger charge is 2.07. The van der Waals surface area contributed by atoms with Crippen molar-refractivity contribution in [1.29, 1.82) is 0 Å². The van der Waals surface area contributed by atoms with Crippen LogP contribution in [0.15, 0.2) is 0 Å². The van der Waals surface area contributed by atoms with Crippen LogP contribution in [0.2, 0.25) is 0 Å². The van der Waals surface area contributed by atoms with Gasteiger partial charge in [0.1, 0.15) is 0 Å². The van der Waals surface area contributed by atoms with Gasteiger partial charge in [-0.15, -0.1) is 11.3 Å². The van der Waals surface area contributed by atoms with Crippen LogP contribution < -0.4 is 5.73 Å². The van der Waals surface area contributed by atoms with E-state index in [0.29, 0.717) is 12.5 Å². The summed E-state index contributed by atoms with van der Waals surface area (Å²) in [7, 11) is 0. The van der Waals surface area contributed by atoms with Gasteiger partial charge in [0.05, 0.1) is 10.7 Å². The third kappa shape index (κ3) is 3.08. The Kier molecular flexibility index (Phi) is 3.88. The van der Waals surface area contributed by atoms with Gasteiger partial charge in [-0.2, -0.15) is 0 Å². The van der Waals surface area contributed by atoms with Crippen molar-refractivity contribution in [2.24, 2.45) is 11.7 Å². The molecule has 0 aliphatic rings. The van der Waals surface area contributed by atoms with Crippen LogP contribution in [0.1, 0.15) is 29.4 Å². The van der Waals surface area contributed by atoms with Crippen LogP contribution in [-0.4, -0.2) is 11.5 Å². The molecular weight excluding hydrogens is 180 g/mol. The van der Waals surface area contributed by atoms with Gasteiger partial charge >= 0.3 is 0 Å². The monoisotopic (exact) mass is 198 g/mol. The number of thiazole rings is 1. The van der Waals surface area contributed by atoms with Crippen molar-refractivity contribution >= 4 is 11.3 Å². The zero-order valence-corrected chi connectivity index (χ0v) is 9.45. The molecule has 0 saturated carbocycles. The van der Waals surface area contributed by atoms with E-state index in [-0.39, 0.29) is 0 Å². The molecule has 0 spiro atoms. The lowest BCUT2D eigenvalue weighted by Crippen LogP contribution is -2.04. The molecule has 0 radical (unpaired) electrons. The number of nitrogens with two attached hydrogens (primary N) is 1. The van der Waals surface area contributed by atoms with Crippen molar-refractivity contribution in [2.45, 2.75) is 33.6 Å². The zero-order valence-electron chi connectivity index (χ0n) is 8.63. The molecule has 0 aliphatic carbocycles. The normalized spacial score (nSPS) is 11.2. The van der Waals surface area contributed by atoms with E-state index >= 15 is 0 Å². The summed E-state index contributed by atoms with van der Waals surface area (Å²) in [6.45, 7) is 7.27. The summed E-state index contributed by atoms with van der Waals surface area (Å²) in [6.07, 6.45) is 2.01. The third-order valence-corrected chi connectivity index (χ3v) is 2.94. The Bertz CT molecular complexity index is 266. The highest BCUT2D eigenvalue weighted by molar-refractivity contribution is 7.11. The van der Waals surface area contributed by atoms with E-state index in [1.807, 2.05) is 11.3 Å². The summed E-state index contributed by atoms with van der Waals surface area (Å²) in [5.74, 6) is 0.691. The quantitative estimate of drug-likeness (QED) is 0.805. The molecule has 2 N–H and O–H groups in total. The molecule has 0 atom stereocenters. The van der Waals surface area contributed by atoms with E-state index in [4.69, 9.17) is 5.73 Å². The van der Waals surface area contributed by atoms with Crippen LogP contribution in [0, 0.1) is 12.8 Å². The van der Waals surface area contributed by atoms with E-state index in [0.717, 1.165) is 12.8 Å². The van der Waals surface area contributed by atoms with E-state index < -0.39 is 0 Å². The number of aromatic nitrogens is 1. The van der Waals surface area contributed by atoms with Crippen LogP contribution in [0.5, 0.6) is 0 Å². The van der Waals surface area contributed by atoms with Crippen molar-refractivity contribution in [2.75, 3.05) is 6.54 Å². The molecule has 1 heterocycles. The highest BCUT2D eigenvalue weighted by Crippen LogP contribution is 2.20. The number of nitrogens with zero attached hydrogens (tertiary/aromatic N) is 1. The summed E-state index contributed by atoms with van der Waals surface area (Å²) < 4.78 is 0. The Labute approximate surface area is 84.2 Å². The predicted octanol–water partition coefficient (Wildman–Crippen LogP) is 2.15. The lowest BCUT2D eigenvalue weighted by atomic mass is 10.1. The Balaban J connectivity index is 2.70. The molecule has 0 amide bonds. The van der Waals surface area contributed by atoms with Crippen molar-refractivity contribution in [3.8, 4) is 0 Å². The molecule has 74 valence electrons. The highest BCUT2D eigenvalue weighted by atomic mass is 32.1. The molecule has 1 aromatic heterocycles. The van der Waals surface area contributed by atoms with Crippen LogP contribution in [-0.2, 0) is 12.8 Å².